The number of piperazine rings is 1. The Morgan fingerprint density at radius 1 is 1.11 bits per heavy atom. The molecule has 1 unspecified atom stereocenters. The molecule has 1 atom stereocenters. The van der Waals surface area contributed by atoms with Crippen LogP contribution in [0.15, 0.2) is 35.3 Å². The Morgan fingerprint density at radius 3 is 2.33 bits per heavy atom. The first-order chi connectivity index (χ1) is 12.7. The van der Waals surface area contributed by atoms with E-state index in [0.29, 0.717) is 11.5 Å². The Morgan fingerprint density at radius 2 is 1.78 bits per heavy atom. The molecule has 152 valence electrons. The van der Waals surface area contributed by atoms with E-state index in [4.69, 9.17) is 0 Å². The molecule has 1 heterocycles. The van der Waals surface area contributed by atoms with Gasteiger partial charge in [-0.25, -0.2) is 0 Å². The summed E-state index contributed by atoms with van der Waals surface area (Å²) in [7, 11) is 1.86. The lowest BCUT2D eigenvalue weighted by Gasteiger charge is -2.37. The molecule has 2 aliphatic rings. The third-order valence-electron chi connectivity index (χ3n) is 6.10. The van der Waals surface area contributed by atoms with Gasteiger partial charge in [-0.05, 0) is 31.9 Å². The quantitative estimate of drug-likeness (QED) is 0.354. The van der Waals surface area contributed by atoms with Gasteiger partial charge >= 0.3 is 0 Å². The number of benzene rings is 1. The van der Waals surface area contributed by atoms with Crippen LogP contribution in [-0.4, -0.2) is 74.7 Å². The van der Waals surface area contributed by atoms with Crippen LogP contribution in [0, 0.1) is 0 Å². The number of hydrogen-bond acceptors (Lipinski definition) is 3. The van der Waals surface area contributed by atoms with E-state index >= 15 is 0 Å². The summed E-state index contributed by atoms with van der Waals surface area (Å²) in [6.45, 7) is 12.3. The lowest BCUT2D eigenvalue weighted by Crippen LogP contribution is -2.53. The SMILES string of the molecule is CCN1CCN(C(C)CNC(=NC)NCC2(c3ccccc3)CC2)CC1.I. The topological polar surface area (TPSA) is 42.9 Å². The van der Waals surface area contributed by atoms with Crippen molar-refractivity contribution in [2.45, 2.75) is 38.1 Å². The zero-order valence-electron chi connectivity index (χ0n) is 17.1. The minimum absolute atomic E-state index is 0. The lowest BCUT2D eigenvalue weighted by molar-refractivity contribution is 0.107. The summed E-state index contributed by atoms with van der Waals surface area (Å²) in [6, 6.07) is 11.4. The first-order valence-corrected chi connectivity index (χ1v) is 10.1. The molecule has 6 heteroatoms. The molecule has 5 nitrogen and oxygen atoms in total. The van der Waals surface area contributed by atoms with E-state index in [2.05, 4.69) is 69.6 Å². The summed E-state index contributed by atoms with van der Waals surface area (Å²) in [5.74, 6) is 0.922. The standard InChI is InChI=1S/C21H35N5.HI/c1-4-25-12-14-26(15-13-25)18(2)16-23-20(22-3)24-17-21(10-11-21)19-8-6-5-7-9-19;/h5-9,18H,4,10-17H2,1-3H3,(H2,22,23,24);1H. The van der Waals surface area contributed by atoms with Crippen molar-refractivity contribution in [3.8, 4) is 0 Å². The highest BCUT2D eigenvalue weighted by Crippen LogP contribution is 2.47. The van der Waals surface area contributed by atoms with Crippen molar-refractivity contribution in [1.29, 1.82) is 0 Å². The molecular formula is C21H36IN5. The molecule has 0 bridgehead atoms. The van der Waals surface area contributed by atoms with Gasteiger partial charge in [-0.1, -0.05) is 37.3 Å². The molecule has 0 aromatic heterocycles. The van der Waals surface area contributed by atoms with E-state index in [1.165, 1.54) is 51.1 Å². The van der Waals surface area contributed by atoms with Gasteiger partial charge in [-0.3, -0.25) is 9.89 Å². The number of nitrogens with zero attached hydrogens (tertiary/aromatic N) is 3. The summed E-state index contributed by atoms with van der Waals surface area (Å²) in [4.78, 5) is 9.53. The highest BCUT2D eigenvalue weighted by atomic mass is 127. The van der Waals surface area contributed by atoms with Crippen molar-refractivity contribution in [2.24, 2.45) is 4.99 Å². The van der Waals surface area contributed by atoms with E-state index in [1.807, 2.05) is 7.05 Å². The second-order valence-electron chi connectivity index (χ2n) is 7.77. The Kier molecular flexibility index (Phi) is 8.82. The molecule has 1 aromatic carbocycles. The summed E-state index contributed by atoms with van der Waals surface area (Å²) in [6.07, 6.45) is 2.53. The Balaban J connectivity index is 0.00000261. The molecule has 27 heavy (non-hydrogen) atoms. The van der Waals surface area contributed by atoms with Crippen molar-refractivity contribution in [1.82, 2.24) is 20.4 Å². The molecule has 0 spiro atoms. The number of guanidine groups is 1. The largest absolute Gasteiger partial charge is 0.356 e. The Hall–Kier alpha value is -0.860. The van der Waals surface area contributed by atoms with Gasteiger partial charge in [-0.15, -0.1) is 24.0 Å². The molecule has 3 rings (SSSR count). The van der Waals surface area contributed by atoms with Crippen LogP contribution in [0.4, 0.5) is 0 Å². The van der Waals surface area contributed by atoms with Gasteiger partial charge in [0, 0.05) is 57.8 Å². The number of halogens is 1. The third-order valence-corrected chi connectivity index (χ3v) is 6.10. The molecule has 1 aromatic rings. The maximum atomic E-state index is 4.42. The molecule has 1 saturated heterocycles. The van der Waals surface area contributed by atoms with Crippen LogP contribution >= 0.6 is 24.0 Å². The summed E-state index contributed by atoms with van der Waals surface area (Å²) in [5.41, 5.74) is 1.76. The second-order valence-corrected chi connectivity index (χ2v) is 7.77. The number of aliphatic imine (C=N–C) groups is 1. The predicted molar refractivity (Wildman–Crippen MR) is 125 cm³/mol. The van der Waals surface area contributed by atoms with Crippen molar-refractivity contribution < 1.29 is 0 Å². The highest BCUT2D eigenvalue weighted by Gasteiger charge is 2.44. The molecule has 0 radical (unpaired) electrons. The molecule has 2 N–H and O–H groups in total. The van der Waals surface area contributed by atoms with Crippen molar-refractivity contribution >= 4 is 29.9 Å². The van der Waals surface area contributed by atoms with Gasteiger partial charge in [0.1, 0.15) is 0 Å². The fourth-order valence-corrected chi connectivity index (χ4v) is 3.88. The maximum absolute atomic E-state index is 4.42. The first kappa shape index (κ1) is 22.4. The highest BCUT2D eigenvalue weighted by molar-refractivity contribution is 14.0. The average molecular weight is 485 g/mol. The fraction of sp³-hybridized carbons (Fsp3) is 0.667. The number of likely N-dealkylation sites (N-methyl/N-ethyl adjacent to an activating group) is 1. The summed E-state index contributed by atoms with van der Waals surface area (Å²) in [5, 5.41) is 7.08. The van der Waals surface area contributed by atoms with Crippen LogP contribution < -0.4 is 10.6 Å². The Labute approximate surface area is 182 Å². The van der Waals surface area contributed by atoms with Crippen LogP contribution in [0.2, 0.25) is 0 Å². The minimum Gasteiger partial charge on any atom is -0.356 e. The van der Waals surface area contributed by atoms with Gasteiger partial charge < -0.3 is 15.5 Å². The third kappa shape index (κ3) is 6.06. The first-order valence-electron chi connectivity index (χ1n) is 10.1. The van der Waals surface area contributed by atoms with E-state index in [9.17, 15) is 0 Å². The zero-order chi connectivity index (χ0) is 18.4. The van der Waals surface area contributed by atoms with Crippen LogP contribution in [0.3, 0.4) is 0 Å². The molecule has 1 aliphatic heterocycles. The van der Waals surface area contributed by atoms with Crippen LogP contribution in [0.1, 0.15) is 32.3 Å². The van der Waals surface area contributed by atoms with Crippen molar-refractivity contribution in [3.05, 3.63) is 35.9 Å². The summed E-state index contributed by atoms with van der Waals surface area (Å²) >= 11 is 0. The van der Waals surface area contributed by atoms with Gasteiger partial charge in [0.2, 0.25) is 0 Å². The smallest absolute Gasteiger partial charge is 0.191 e. The average Bonchev–Trinajstić information content (AvgIpc) is 3.50. The van der Waals surface area contributed by atoms with Gasteiger partial charge in [0.15, 0.2) is 5.96 Å². The monoisotopic (exact) mass is 485 g/mol. The lowest BCUT2D eigenvalue weighted by atomic mass is 9.96. The van der Waals surface area contributed by atoms with E-state index in [0.717, 1.165) is 19.0 Å². The Bertz CT molecular complexity index is 579. The van der Waals surface area contributed by atoms with Gasteiger partial charge in [-0.2, -0.15) is 0 Å². The number of rotatable bonds is 7. The molecule has 0 amide bonds. The predicted octanol–water partition coefficient (Wildman–Crippen LogP) is 2.53. The normalized spacial score (nSPS) is 21.2. The van der Waals surface area contributed by atoms with Crippen molar-refractivity contribution in [3.63, 3.8) is 0 Å². The maximum Gasteiger partial charge on any atom is 0.191 e. The van der Waals surface area contributed by atoms with E-state index in [1.54, 1.807) is 0 Å². The van der Waals surface area contributed by atoms with Gasteiger partial charge in [0.05, 0.1) is 0 Å². The van der Waals surface area contributed by atoms with Crippen molar-refractivity contribution in [2.75, 3.05) is 52.9 Å². The minimum atomic E-state index is 0. The second kappa shape index (κ2) is 10.6. The number of nitrogens with one attached hydrogen (secondary N) is 2. The number of hydrogen-bond donors (Lipinski definition) is 2. The molecule has 2 fully saturated rings. The molecule has 1 saturated carbocycles. The van der Waals surface area contributed by atoms with Crippen LogP contribution in [-0.2, 0) is 5.41 Å². The summed E-state index contributed by atoms with van der Waals surface area (Å²) < 4.78 is 0. The van der Waals surface area contributed by atoms with E-state index < -0.39 is 0 Å². The fourth-order valence-electron chi connectivity index (χ4n) is 3.88. The van der Waals surface area contributed by atoms with E-state index in [-0.39, 0.29) is 24.0 Å². The van der Waals surface area contributed by atoms with Gasteiger partial charge in [0.25, 0.3) is 0 Å². The molecular weight excluding hydrogens is 449 g/mol. The van der Waals surface area contributed by atoms with Crippen LogP contribution in [0.5, 0.6) is 0 Å². The molecule has 1 aliphatic carbocycles. The zero-order valence-corrected chi connectivity index (χ0v) is 19.4. The van der Waals surface area contributed by atoms with Crippen LogP contribution in [0.25, 0.3) is 0 Å².